The van der Waals surface area contributed by atoms with Gasteiger partial charge in [-0.15, -0.1) is 0 Å². The molecule has 4 nitrogen and oxygen atoms in total. The Morgan fingerprint density at radius 2 is 1.65 bits per heavy atom. The lowest BCUT2D eigenvalue weighted by Gasteiger charge is -2.35. The largest absolute Gasteiger partial charge is 0.313 e. The summed E-state index contributed by atoms with van der Waals surface area (Å²) in [6, 6.07) is 3.97. The van der Waals surface area contributed by atoms with E-state index >= 15 is 0 Å². The van der Waals surface area contributed by atoms with Crippen molar-refractivity contribution in [2.75, 3.05) is 19.6 Å². The van der Waals surface area contributed by atoms with Crippen molar-refractivity contribution in [3.8, 4) is 0 Å². The van der Waals surface area contributed by atoms with Crippen molar-refractivity contribution in [1.29, 1.82) is 0 Å². The average molecular weight is 392 g/mol. The Kier molecular flexibility index (Phi) is 5.00. The van der Waals surface area contributed by atoms with Gasteiger partial charge in [-0.05, 0) is 17.7 Å². The summed E-state index contributed by atoms with van der Waals surface area (Å²) in [7, 11) is -4.94. The molecule has 0 saturated carbocycles. The highest BCUT2D eigenvalue weighted by Gasteiger charge is 2.39. The molecule has 0 bridgehead atoms. The molecule has 26 heavy (non-hydrogen) atoms. The number of halogens is 5. The Labute approximate surface area is 146 Å². The monoisotopic (exact) mass is 392 g/mol. The molecule has 2 aromatic rings. The van der Waals surface area contributed by atoms with Gasteiger partial charge in [-0.1, -0.05) is 12.1 Å². The highest BCUT2D eigenvalue weighted by atomic mass is 32.2. The molecular weight excluding hydrogens is 379 g/mol. The third-order valence-corrected chi connectivity index (χ3v) is 5.99. The molecule has 1 aliphatic rings. The summed E-state index contributed by atoms with van der Waals surface area (Å²) in [5.41, 5.74) is 0.235. The summed E-state index contributed by atoms with van der Waals surface area (Å²) in [6.45, 7) is -0.0453. The van der Waals surface area contributed by atoms with Crippen LogP contribution in [-0.4, -0.2) is 32.4 Å². The third-order valence-electron chi connectivity index (χ3n) is 4.07. The minimum atomic E-state index is -4.94. The van der Waals surface area contributed by atoms with Crippen LogP contribution in [0.2, 0.25) is 0 Å². The zero-order valence-corrected chi connectivity index (χ0v) is 14.0. The number of nitrogens with one attached hydrogen (secondary N) is 1. The molecule has 0 aliphatic carbocycles. The Bertz CT molecular complexity index is 926. The van der Waals surface area contributed by atoms with Gasteiger partial charge in [-0.25, -0.2) is 30.4 Å². The molecule has 140 valence electrons. The summed E-state index contributed by atoms with van der Waals surface area (Å²) in [4.78, 5) is -1.70. The lowest BCUT2D eigenvalue weighted by Crippen LogP contribution is -2.49. The number of nitrogens with zero attached hydrogens (tertiary/aromatic N) is 1. The smallest absolute Gasteiger partial charge is 0.249 e. The van der Waals surface area contributed by atoms with Gasteiger partial charge in [0.15, 0.2) is 28.2 Å². The van der Waals surface area contributed by atoms with E-state index in [2.05, 4.69) is 5.32 Å². The first-order chi connectivity index (χ1) is 12.2. The second-order valence-corrected chi connectivity index (χ2v) is 7.52. The number of rotatable bonds is 3. The molecule has 1 aliphatic heterocycles. The van der Waals surface area contributed by atoms with Crippen molar-refractivity contribution in [2.45, 2.75) is 10.9 Å². The summed E-state index contributed by atoms with van der Waals surface area (Å²) >= 11 is 0. The topological polar surface area (TPSA) is 49.4 Å². The van der Waals surface area contributed by atoms with Gasteiger partial charge in [0.05, 0.1) is 6.04 Å². The molecule has 1 N–H and O–H groups in total. The van der Waals surface area contributed by atoms with Gasteiger partial charge in [-0.2, -0.15) is 4.31 Å². The molecule has 1 heterocycles. The molecule has 0 radical (unpaired) electrons. The molecule has 2 aromatic carbocycles. The number of sulfonamides is 1. The molecule has 3 rings (SSSR count). The van der Waals surface area contributed by atoms with E-state index in [1.165, 1.54) is 12.1 Å². The van der Waals surface area contributed by atoms with Gasteiger partial charge in [0.1, 0.15) is 5.82 Å². The van der Waals surface area contributed by atoms with Crippen LogP contribution in [0.25, 0.3) is 0 Å². The summed E-state index contributed by atoms with van der Waals surface area (Å²) in [5, 5.41) is 2.89. The van der Waals surface area contributed by atoms with E-state index in [-0.39, 0.29) is 31.3 Å². The molecule has 1 unspecified atom stereocenters. The van der Waals surface area contributed by atoms with Crippen LogP contribution in [0.1, 0.15) is 11.6 Å². The molecule has 10 heteroatoms. The second-order valence-electron chi connectivity index (χ2n) is 5.69. The molecule has 0 amide bonds. The molecule has 1 fully saturated rings. The molecule has 0 aromatic heterocycles. The summed E-state index contributed by atoms with van der Waals surface area (Å²) in [5.74, 6) is -8.26. The van der Waals surface area contributed by atoms with Crippen molar-refractivity contribution in [3.63, 3.8) is 0 Å². The Hall–Kier alpha value is -2.04. The molecule has 1 saturated heterocycles. The Morgan fingerprint density at radius 1 is 1.00 bits per heavy atom. The normalized spacial score (nSPS) is 18.9. The van der Waals surface area contributed by atoms with Crippen molar-refractivity contribution < 1.29 is 30.4 Å². The lowest BCUT2D eigenvalue weighted by atomic mass is 10.1. The van der Waals surface area contributed by atoms with Crippen LogP contribution < -0.4 is 5.32 Å². The summed E-state index contributed by atoms with van der Waals surface area (Å²) in [6.07, 6.45) is 0. The fourth-order valence-corrected chi connectivity index (χ4v) is 4.61. The van der Waals surface area contributed by atoms with Crippen LogP contribution in [-0.2, 0) is 10.0 Å². The molecule has 1 atom stereocenters. The van der Waals surface area contributed by atoms with Crippen molar-refractivity contribution in [2.24, 2.45) is 0 Å². The van der Waals surface area contributed by atoms with Crippen LogP contribution in [0, 0.1) is 29.1 Å². The predicted molar refractivity (Wildman–Crippen MR) is 82.2 cm³/mol. The maximum Gasteiger partial charge on any atom is 0.249 e. The van der Waals surface area contributed by atoms with E-state index in [4.69, 9.17) is 0 Å². The maximum atomic E-state index is 14.0. The quantitative estimate of drug-likeness (QED) is 0.646. The highest BCUT2D eigenvalue weighted by Crippen LogP contribution is 2.33. The standard InChI is InChI=1S/C16H13F5N2O2S/c17-10-3-1-2-9(6-10)13-8-22-4-5-23(13)26(24,25)16-14(20)11(18)7-12(19)15(16)21/h1-3,6-7,13,22H,4-5,8H2. The van der Waals surface area contributed by atoms with E-state index in [1.54, 1.807) is 0 Å². The van der Waals surface area contributed by atoms with Gasteiger partial charge >= 0.3 is 0 Å². The number of piperazine rings is 1. The van der Waals surface area contributed by atoms with Gasteiger partial charge in [-0.3, -0.25) is 0 Å². The van der Waals surface area contributed by atoms with Crippen LogP contribution in [0.5, 0.6) is 0 Å². The first-order valence-electron chi connectivity index (χ1n) is 7.54. The van der Waals surface area contributed by atoms with E-state index in [9.17, 15) is 30.4 Å². The molecule has 0 spiro atoms. The fraction of sp³-hybridized carbons (Fsp3) is 0.250. The van der Waals surface area contributed by atoms with Crippen molar-refractivity contribution in [3.05, 3.63) is 65.0 Å². The SMILES string of the molecule is O=S(=O)(c1c(F)c(F)cc(F)c1F)N1CCNCC1c1cccc(F)c1. The Morgan fingerprint density at radius 3 is 2.27 bits per heavy atom. The number of hydrogen-bond donors (Lipinski definition) is 1. The zero-order chi connectivity index (χ0) is 19.1. The van der Waals surface area contributed by atoms with Crippen molar-refractivity contribution >= 4 is 10.0 Å². The average Bonchev–Trinajstić information content (AvgIpc) is 2.60. The lowest BCUT2D eigenvalue weighted by molar-refractivity contribution is 0.267. The summed E-state index contributed by atoms with van der Waals surface area (Å²) < 4.78 is 94.8. The van der Waals surface area contributed by atoms with E-state index in [0.29, 0.717) is 4.31 Å². The maximum absolute atomic E-state index is 14.0. The van der Waals surface area contributed by atoms with E-state index in [1.807, 2.05) is 0 Å². The first-order valence-corrected chi connectivity index (χ1v) is 8.98. The van der Waals surface area contributed by atoms with Gasteiger partial charge in [0.2, 0.25) is 10.0 Å². The van der Waals surface area contributed by atoms with Crippen molar-refractivity contribution in [1.82, 2.24) is 9.62 Å². The van der Waals surface area contributed by atoms with Gasteiger partial charge in [0.25, 0.3) is 0 Å². The van der Waals surface area contributed by atoms with E-state index in [0.717, 1.165) is 12.1 Å². The fourth-order valence-electron chi connectivity index (χ4n) is 2.87. The van der Waals surface area contributed by atoms with Crippen LogP contribution in [0.15, 0.2) is 35.2 Å². The second kappa shape index (κ2) is 6.93. The number of benzene rings is 2. The number of hydrogen-bond acceptors (Lipinski definition) is 3. The predicted octanol–water partition coefficient (Wildman–Crippen LogP) is 2.72. The third kappa shape index (κ3) is 3.19. The minimum Gasteiger partial charge on any atom is -0.313 e. The van der Waals surface area contributed by atoms with E-state index < -0.39 is 50.0 Å². The van der Waals surface area contributed by atoms with Crippen LogP contribution >= 0.6 is 0 Å². The molecular formula is C16H13F5N2O2S. The van der Waals surface area contributed by atoms with Crippen LogP contribution in [0.3, 0.4) is 0 Å². The Balaban J connectivity index is 2.13. The first kappa shape index (κ1) is 18.7. The highest BCUT2D eigenvalue weighted by molar-refractivity contribution is 7.89. The zero-order valence-electron chi connectivity index (χ0n) is 13.1. The van der Waals surface area contributed by atoms with Gasteiger partial charge in [0, 0.05) is 25.7 Å². The van der Waals surface area contributed by atoms with Crippen LogP contribution in [0.4, 0.5) is 22.0 Å². The minimum absolute atomic E-state index is 0.0315. The van der Waals surface area contributed by atoms with Gasteiger partial charge < -0.3 is 5.32 Å².